The Morgan fingerprint density at radius 2 is 2.25 bits per heavy atom. The molecule has 0 saturated carbocycles. The first kappa shape index (κ1) is 14.6. The van der Waals surface area contributed by atoms with Crippen LogP contribution in [0.3, 0.4) is 0 Å². The first-order valence-electron chi connectivity index (χ1n) is 7.84. The summed E-state index contributed by atoms with van der Waals surface area (Å²) < 4.78 is 1.14. The summed E-state index contributed by atoms with van der Waals surface area (Å²) in [6, 6.07) is 6.73. The SMILES string of the molecule is CCC1CCNC(C2(O)CCc3cc(Br)ccc3C2)C1. The summed E-state index contributed by atoms with van der Waals surface area (Å²) in [6.45, 7) is 3.32. The molecular formula is C17H24BrNO. The van der Waals surface area contributed by atoms with Gasteiger partial charge in [-0.15, -0.1) is 0 Å². The molecule has 0 aromatic heterocycles. The topological polar surface area (TPSA) is 32.3 Å². The lowest BCUT2D eigenvalue weighted by molar-refractivity contribution is -0.0261. The minimum Gasteiger partial charge on any atom is -0.388 e. The average Bonchev–Trinajstić information content (AvgIpc) is 2.48. The predicted molar refractivity (Wildman–Crippen MR) is 85.9 cm³/mol. The maximum atomic E-state index is 11.2. The smallest absolute Gasteiger partial charge is 0.0843 e. The summed E-state index contributed by atoms with van der Waals surface area (Å²) >= 11 is 3.54. The number of rotatable bonds is 2. The Morgan fingerprint density at radius 3 is 3.05 bits per heavy atom. The van der Waals surface area contributed by atoms with Crippen molar-refractivity contribution < 1.29 is 5.11 Å². The fraction of sp³-hybridized carbons (Fsp3) is 0.647. The molecule has 1 aromatic carbocycles. The van der Waals surface area contributed by atoms with Crippen molar-refractivity contribution in [2.45, 2.75) is 57.1 Å². The fourth-order valence-electron chi connectivity index (χ4n) is 3.84. The zero-order valence-corrected chi connectivity index (χ0v) is 13.7. The van der Waals surface area contributed by atoms with E-state index in [-0.39, 0.29) is 6.04 Å². The van der Waals surface area contributed by atoms with Gasteiger partial charge in [0.1, 0.15) is 0 Å². The maximum Gasteiger partial charge on any atom is 0.0843 e. The molecule has 1 saturated heterocycles. The van der Waals surface area contributed by atoms with E-state index in [1.165, 1.54) is 24.0 Å². The van der Waals surface area contributed by atoms with Gasteiger partial charge in [0.2, 0.25) is 0 Å². The summed E-state index contributed by atoms with van der Waals surface area (Å²) in [7, 11) is 0. The molecule has 1 aliphatic carbocycles. The Morgan fingerprint density at radius 1 is 1.40 bits per heavy atom. The van der Waals surface area contributed by atoms with Crippen LogP contribution in [0.25, 0.3) is 0 Å². The van der Waals surface area contributed by atoms with Gasteiger partial charge in [-0.3, -0.25) is 0 Å². The third-order valence-corrected chi connectivity index (χ3v) is 5.72. The van der Waals surface area contributed by atoms with Crippen LogP contribution < -0.4 is 5.32 Å². The molecule has 2 aliphatic rings. The highest BCUT2D eigenvalue weighted by atomic mass is 79.9. The molecule has 3 rings (SSSR count). The van der Waals surface area contributed by atoms with Crippen molar-refractivity contribution in [3.63, 3.8) is 0 Å². The predicted octanol–water partition coefficient (Wildman–Crippen LogP) is 3.45. The van der Waals surface area contributed by atoms with Crippen LogP contribution in [0, 0.1) is 5.92 Å². The van der Waals surface area contributed by atoms with E-state index in [2.05, 4.69) is 46.4 Å². The minimum absolute atomic E-state index is 0.262. The summed E-state index contributed by atoms with van der Waals surface area (Å²) in [5.41, 5.74) is 2.16. The van der Waals surface area contributed by atoms with Gasteiger partial charge in [0.15, 0.2) is 0 Å². The maximum absolute atomic E-state index is 11.2. The monoisotopic (exact) mass is 337 g/mol. The van der Waals surface area contributed by atoms with E-state index in [9.17, 15) is 5.11 Å². The van der Waals surface area contributed by atoms with Gasteiger partial charge in [-0.25, -0.2) is 0 Å². The second-order valence-corrected chi connectivity index (χ2v) is 7.41. The Hall–Kier alpha value is -0.380. The molecule has 2 nitrogen and oxygen atoms in total. The number of nitrogens with one attached hydrogen (secondary N) is 1. The molecule has 2 N–H and O–H groups in total. The summed E-state index contributed by atoms with van der Waals surface area (Å²) in [5.74, 6) is 0.775. The first-order valence-corrected chi connectivity index (χ1v) is 8.63. The zero-order chi connectivity index (χ0) is 14.2. The van der Waals surface area contributed by atoms with E-state index in [0.717, 1.165) is 42.6 Å². The lowest BCUT2D eigenvalue weighted by Gasteiger charge is -2.44. The van der Waals surface area contributed by atoms with Crippen molar-refractivity contribution >= 4 is 15.9 Å². The largest absolute Gasteiger partial charge is 0.388 e. The van der Waals surface area contributed by atoms with Gasteiger partial charge < -0.3 is 10.4 Å². The number of aliphatic hydroxyl groups is 1. The number of piperidine rings is 1. The molecular weight excluding hydrogens is 314 g/mol. The molecule has 3 atom stereocenters. The Labute approximate surface area is 130 Å². The van der Waals surface area contributed by atoms with Crippen LogP contribution in [0.5, 0.6) is 0 Å². The quantitative estimate of drug-likeness (QED) is 0.866. The Balaban J connectivity index is 1.78. The third kappa shape index (κ3) is 2.81. The molecule has 0 radical (unpaired) electrons. The van der Waals surface area contributed by atoms with E-state index in [1.807, 2.05) is 0 Å². The summed E-state index contributed by atoms with van der Waals surface area (Å²) in [5, 5.41) is 14.7. The van der Waals surface area contributed by atoms with Crippen LogP contribution in [0.2, 0.25) is 0 Å². The van der Waals surface area contributed by atoms with Gasteiger partial charge in [-0.05, 0) is 61.4 Å². The molecule has 1 heterocycles. The number of halogens is 1. The lowest BCUT2D eigenvalue weighted by Crippen LogP contribution is -2.56. The van der Waals surface area contributed by atoms with Crippen molar-refractivity contribution in [2.75, 3.05) is 6.54 Å². The molecule has 1 aliphatic heterocycles. The first-order chi connectivity index (χ1) is 9.60. The number of hydrogen-bond donors (Lipinski definition) is 2. The molecule has 1 aromatic rings. The van der Waals surface area contributed by atoms with Crippen LogP contribution in [0.15, 0.2) is 22.7 Å². The lowest BCUT2D eigenvalue weighted by atomic mass is 9.72. The number of aryl methyl sites for hydroxylation is 1. The van der Waals surface area contributed by atoms with E-state index in [0.29, 0.717) is 0 Å². The molecule has 110 valence electrons. The standard InChI is InChI=1S/C17H24BrNO/c1-2-12-6-8-19-16(9-12)17(20)7-5-13-10-15(18)4-3-14(13)11-17/h3-4,10,12,16,19-20H,2,5-9,11H2,1H3. The van der Waals surface area contributed by atoms with Crippen molar-refractivity contribution in [3.05, 3.63) is 33.8 Å². The van der Waals surface area contributed by atoms with Crippen molar-refractivity contribution in [1.82, 2.24) is 5.32 Å². The molecule has 0 amide bonds. The fourth-order valence-corrected chi connectivity index (χ4v) is 4.25. The Kier molecular flexibility index (Phi) is 4.21. The van der Waals surface area contributed by atoms with Gasteiger partial charge in [0.05, 0.1) is 5.60 Å². The molecule has 3 unspecified atom stereocenters. The zero-order valence-electron chi connectivity index (χ0n) is 12.2. The van der Waals surface area contributed by atoms with E-state index >= 15 is 0 Å². The van der Waals surface area contributed by atoms with Crippen molar-refractivity contribution in [1.29, 1.82) is 0 Å². The van der Waals surface area contributed by atoms with Crippen LogP contribution in [-0.4, -0.2) is 23.3 Å². The molecule has 0 spiro atoms. The normalized spacial score (nSPS) is 33.8. The third-order valence-electron chi connectivity index (χ3n) is 5.23. The van der Waals surface area contributed by atoms with Gasteiger partial charge in [-0.1, -0.05) is 35.3 Å². The number of fused-ring (bicyclic) bond motifs is 1. The molecule has 1 fully saturated rings. The number of hydrogen-bond acceptors (Lipinski definition) is 2. The summed E-state index contributed by atoms with van der Waals surface area (Å²) in [4.78, 5) is 0. The highest BCUT2D eigenvalue weighted by Crippen LogP contribution is 2.36. The van der Waals surface area contributed by atoms with Gasteiger partial charge in [0, 0.05) is 16.9 Å². The van der Waals surface area contributed by atoms with E-state index in [1.54, 1.807) is 0 Å². The van der Waals surface area contributed by atoms with Crippen LogP contribution >= 0.6 is 15.9 Å². The summed E-state index contributed by atoms with van der Waals surface area (Å²) in [6.07, 6.45) is 6.28. The van der Waals surface area contributed by atoms with Gasteiger partial charge >= 0.3 is 0 Å². The van der Waals surface area contributed by atoms with Gasteiger partial charge in [-0.2, -0.15) is 0 Å². The van der Waals surface area contributed by atoms with Crippen molar-refractivity contribution in [3.8, 4) is 0 Å². The minimum atomic E-state index is -0.561. The second kappa shape index (κ2) is 5.78. The average molecular weight is 338 g/mol. The number of benzene rings is 1. The highest BCUT2D eigenvalue weighted by molar-refractivity contribution is 9.10. The van der Waals surface area contributed by atoms with Gasteiger partial charge in [0.25, 0.3) is 0 Å². The Bertz CT molecular complexity index is 490. The van der Waals surface area contributed by atoms with E-state index in [4.69, 9.17) is 0 Å². The highest BCUT2D eigenvalue weighted by Gasteiger charge is 2.41. The van der Waals surface area contributed by atoms with Crippen LogP contribution in [-0.2, 0) is 12.8 Å². The molecule has 3 heteroatoms. The van der Waals surface area contributed by atoms with Crippen molar-refractivity contribution in [2.24, 2.45) is 5.92 Å². The van der Waals surface area contributed by atoms with Crippen LogP contribution in [0.1, 0.15) is 43.7 Å². The molecule has 20 heavy (non-hydrogen) atoms. The van der Waals surface area contributed by atoms with E-state index < -0.39 is 5.60 Å². The second-order valence-electron chi connectivity index (χ2n) is 6.50. The van der Waals surface area contributed by atoms with Crippen LogP contribution in [0.4, 0.5) is 0 Å². The molecule has 0 bridgehead atoms.